The van der Waals surface area contributed by atoms with Crippen molar-refractivity contribution in [3.63, 3.8) is 0 Å². The molecule has 0 N–H and O–H groups in total. The average Bonchev–Trinajstić information content (AvgIpc) is 3.29. The number of benzene rings is 1. The summed E-state index contributed by atoms with van der Waals surface area (Å²) in [6, 6.07) is 10.5. The van der Waals surface area contributed by atoms with Gasteiger partial charge >= 0.3 is 0 Å². The summed E-state index contributed by atoms with van der Waals surface area (Å²) in [4.78, 5) is 26.4. The fourth-order valence-electron chi connectivity index (χ4n) is 4.54. The smallest absolute Gasteiger partial charge is 0.261 e. The molecule has 0 amide bonds. The summed E-state index contributed by atoms with van der Waals surface area (Å²) >= 11 is 0. The minimum Gasteiger partial charge on any atom is -0.368 e. The average molecular weight is 375 g/mol. The van der Waals surface area contributed by atoms with Gasteiger partial charge in [-0.2, -0.15) is 0 Å². The van der Waals surface area contributed by atoms with E-state index in [-0.39, 0.29) is 5.56 Å². The lowest BCUT2D eigenvalue weighted by atomic mass is 10.1. The van der Waals surface area contributed by atoms with Crippen molar-refractivity contribution in [2.75, 3.05) is 36.0 Å². The van der Waals surface area contributed by atoms with Crippen LogP contribution in [-0.2, 0) is 0 Å². The highest BCUT2D eigenvalue weighted by Gasteiger charge is 2.20. The molecule has 0 radical (unpaired) electrons. The predicted molar refractivity (Wildman–Crippen MR) is 112 cm³/mol. The molecular formula is C22H25N5O. The Labute approximate surface area is 164 Å². The van der Waals surface area contributed by atoms with Crippen molar-refractivity contribution in [3.05, 3.63) is 59.4 Å². The highest BCUT2D eigenvalue weighted by Crippen LogP contribution is 2.29. The third kappa shape index (κ3) is 3.13. The molecule has 1 saturated carbocycles. The normalized spacial score (nSPS) is 18.1. The van der Waals surface area contributed by atoms with E-state index in [0.29, 0.717) is 6.04 Å². The van der Waals surface area contributed by atoms with Gasteiger partial charge in [0.25, 0.3) is 5.56 Å². The van der Waals surface area contributed by atoms with Crippen molar-refractivity contribution in [1.29, 1.82) is 0 Å². The topological polar surface area (TPSA) is 54.3 Å². The van der Waals surface area contributed by atoms with E-state index in [0.717, 1.165) is 55.6 Å². The minimum atomic E-state index is 0.103. The third-order valence-electron chi connectivity index (χ3n) is 6.16. The molecule has 28 heavy (non-hydrogen) atoms. The number of hydrogen-bond acceptors (Lipinski definition) is 5. The van der Waals surface area contributed by atoms with Gasteiger partial charge in [-0.3, -0.25) is 14.3 Å². The van der Waals surface area contributed by atoms with Gasteiger partial charge in [0.05, 0.1) is 17.2 Å². The summed E-state index contributed by atoms with van der Waals surface area (Å²) in [6.45, 7) is 3.84. The van der Waals surface area contributed by atoms with Gasteiger partial charge in [-0.1, -0.05) is 12.8 Å². The summed E-state index contributed by atoms with van der Waals surface area (Å²) in [7, 11) is 0. The third-order valence-corrected chi connectivity index (χ3v) is 6.16. The van der Waals surface area contributed by atoms with Crippen LogP contribution in [0.4, 0.5) is 11.4 Å². The molecule has 1 aliphatic heterocycles. The number of pyridine rings is 1. The van der Waals surface area contributed by atoms with E-state index in [1.807, 2.05) is 23.0 Å². The van der Waals surface area contributed by atoms with Gasteiger partial charge in [0.1, 0.15) is 0 Å². The van der Waals surface area contributed by atoms with Crippen LogP contribution in [0.2, 0.25) is 0 Å². The molecule has 2 aliphatic rings. The van der Waals surface area contributed by atoms with Crippen molar-refractivity contribution in [3.8, 4) is 0 Å². The van der Waals surface area contributed by atoms with E-state index >= 15 is 0 Å². The maximum Gasteiger partial charge on any atom is 0.261 e. The molecule has 5 rings (SSSR count). The van der Waals surface area contributed by atoms with Gasteiger partial charge in [-0.05, 0) is 43.2 Å². The van der Waals surface area contributed by atoms with Crippen LogP contribution in [0.1, 0.15) is 31.7 Å². The molecule has 1 saturated heterocycles. The SMILES string of the molecule is O=c1c2ccc(N3CCN(c4ccncc4)CC3)cc2ncn1C1CCCC1. The summed E-state index contributed by atoms with van der Waals surface area (Å²) in [5.41, 5.74) is 3.27. The first-order valence-corrected chi connectivity index (χ1v) is 10.2. The molecule has 2 fully saturated rings. The maximum absolute atomic E-state index is 12.9. The van der Waals surface area contributed by atoms with Crippen molar-refractivity contribution in [2.24, 2.45) is 0 Å². The quantitative estimate of drug-likeness (QED) is 0.703. The monoisotopic (exact) mass is 375 g/mol. The highest BCUT2D eigenvalue weighted by molar-refractivity contribution is 5.81. The zero-order valence-electron chi connectivity index (χ0n) is 16.0. The second-order valence-corrected chi connectivity index (χ2v) is 7.78. The number of rotatable bonds is 3. The Balaban J connectivity index is 1.36. The number of nitrogens with zero attached hydrogens (tertiary/aromatic N) is 5. The van der Waals surface area contributed by atoms with Crippen LogP contribution in [0.25, 0.3) is 10.9 Å². The highest BCUT2D eigenvalue weighted by atomic mass is 16.1. The fraction of sp³-hybridized carbons (Fsp3) is 0.409. The standard InChI is InChI=1S/C22H25N5O/c28-22-20-6-5-19(15-21(20)24-16-27(22)18-3-1-2-4-18)26-13-11-25(12-14-26)17-7-9-23-10-8-17/h5-10,15-16,18H,1-4,11-14H2. The molecular weight excluding hydrogens is 350 g/mol. The van der Waals surface area contributed by atoms with Gasteiger partial charge in [-0.15, -0.1) is 0 Å². The molecule has 0 spiro atoms. The Hall–Kier alpha value is -2.89. The largest absolute Gasteiger partial charge is 0.368 e. The molecule has 6 heteroatoms. The second-order valence-electron chi connectivity index (χ2n) is 7.78. The van der Waals surface area contributed by atoms with Crippen molar-refractivity contribution in [2.45, 2.75) is 31.7 Å². The molecule has 0 atom stereocenters. The number of piperazine rings is 1. The summed E-state index contributed by atoms with van der Waals surface area (Å²) in [5, 5.41) is 0.730. The van der Waals surface area contributed by atoms with Crippen LogP contribution in [0.3, 0.4) is 0 Å². The van der Waals surface area contributed by atoms with E-state index in [2.05, 4.69) is 44.0 Å². The van der Waals surface area contributed by atoms with Gasteiger partial charge in [0.15, 0.2) is 0 Å². The first-order valence-electron chi connectivity index (χ1n) is 10.2. The van der Waals surface area contributed by atoms with Crippen LogP contribution < -0.4 is 15.4 Å². The minimum absolute atomic E-state index is 0.103. The zero-order valence-corrected chi connectivity index (χ0v) is 16.0. The number of aromatic nitrogens is 3. The zero-order chi connectivity index (χ0) is 18.9. The molecule has 3 heterocycles. The van der Waals surface area contributed by atoms with E-state index < -0.39 is 0 Å². The molecule has 0 unspecified atom stereocenters. The van der Waals surface area contributed by atoms with Gasteiger partial charge < -0.3 is 9.80 Å². The number of anilines is 2. The molecule has 3 aromatic rings. The Bertz CT molecular complexity index is 1020. The van der Waals surface area contributed by atoms with Crippen LogP contribution in [0, 0.1) is 0 Å². The van der Waals surface area contributed by atoms with Crippen molar-refractivity contribution < 1.29 is 0 Å². The van der Waals surface area contributed by atoms with E-state index in [9.17, 15) is 4.79 Å². The maximum atomic E-state index is 12.9. The summed E-state index contributed by atoms with van der Waals surface area (Å²) in [6.07, 6.45) is 10.0. The second kappa shape index (κ2) is 7.26. The molecule has 1 aliphatic carbocycles. The lowest BCUT2D eigenvalue weighted by molar-refractivity contribution is 0.499. The fourth-order valence-corrected chi connectivity index (χ4v) is 4.54. The predicted octanol–water partition coefficient (Wildman–Crippen LogP) is 3.23. The lowest BCUT2D eigenvalue weighted by Crippen LogP contribution is -2.46. The van der Waals surface area contributed by atoms with Gasteiger partial charge in [-0.25, -0.2) is 4.98 Å². The Morgan fingerprint density at radius 2 is 1.54 bits per heavy atom. The Morgan fingerprint density at radius 1 is 0.857 bits per heavy atom. The lowest BCUT2D eigenvalue weighted by Gasteiger charge is -2.37. The van der Waals surface area contributed by atoms with E-state index in [1.54, 1.807) is 6.33 Å². The summed E-state index contributed by atoms with van der Waals surface area (Å²) in [5.74, 6) is 0. The van der Waals surface area contributed by atoms with Gasteiger partial charge in [0.2, 0.25) is 0 Å². The first kappa shape index (κ1) is 17.2. The number of fused-ring (bicyclic) bond motifs is 1. The van der Waals surface area contributed by atoms with Crippen LogP contribution in [0.15, 0.2) is 53.8 Å². The van der Waals surface area contributed by atoms with Crippen LogP contribution in [-0.4, -0.2) is 40.7 Å². The van der Waals surface area contributed by atoms with E-state index in [1.165, 1.54) is 18.5 Å². The summed E-state index contributed by atoms with van der Waals surface area (Å²) < 4.78 is 1.85. The first-order chi connectivity index (χ1) is 13.8. The molecule has 2 aromatic heterocycles. The molecule has 6 nitrogen and oxygen atoms in total. The van der Waals surface area contributed by atoms with Crippen molar-refractivity contribution in [1.82, 2.24) is 14.5 Å². The molecule has 144 valence electrons. The van der Waals surface area contributed by atoms with Crippen molar-refractivity contribution >= 4 is 22.3 Å². The van der Waals surface area contributed by atoms with Gasteiger partial charge in [0, 0.05) is 56.0 Å². The number of hydrogen-bond donors (Lipinski definition) is 0. The molecule has 1 aromatic carbocycles. The Morgan fingerprint density at radius 3 is 2.25 bits per heavy atom. The van der Waals surface area contributed by atoms with Crippen LogP contribution in [0.5, 0.6) is 0 Å². The van der Waals surface area contributed by atoms with Crippen LogP contribution >= 0.6 is 0 Å². The Kier molecular flexibility index (Phi) is 4.47. The van der Waals surface area contributed by atoms with E-state index in [4.69, 9.17) is 0 Å². The molecule has 0 bridgehead atoms.